The van der Waals surface area contributed by atoms with E-state index in [4.69, 9.17) is 0 Å². The van der Waals surface area contributed by atoms with Gasteiger partial charge in [0.15, 0.2) is 0 Å². The van der Waals surface area contributed by atoms with E-state index in [1.165, 1.54) is 30.6 Å². The average Bonchev–Trinajstić information content (AvgIpc) is 3.32. The molecule has 0 aromatic carbocycles. The summed E-state index contributed by atoms with van der Waals surface area (Å²) in [5.74, 6) is 0.151. The van der Waals surface area contributed by atoms with Crippen LogP contribution in [0.15, 0.2) is 34.4 Å². The molecule has 2 atom stereocenters. The number of nitrogens with zero attached hydrogens (tertiary/aromatic N) is 2. The summed E-state index contributed by atoms with van der Waals surface area (Å²) in [4.78, 5) is 40.8. The zero-order chi connectivity index (χ0) is 21.4. The Morgan fingerprint density at radius 3 is 2.65 bits per heavy atom. The molecule has 1 aliphatic carbocycles. The number of likely N-dealkylation sites (tertiary alicyclic amines) is 1. The standard InChI is InChI=1S/C23H28N4O3S/c28-21(20-7-4-10-31-20)25-18-8-9-19-16-11-15(13-27(19)22(18)29)12-26(14-16)23(30)24-17-5-2-1-3-6-17/h4,7-10,15-17H,1-3,5-6,11-14H2,(H,24,30)(H,25,28)/t15-,16-/m1/s1. The highest BCUT2D eigenvalue weighted by Crippen LogP contribution is 2.35. The van der Waals surface area contributed by atoms with Crippen molar-refractivity contribution >= 4 is 29.0 Å². The number of anilines is 1. The lowest BCUT2D eigenvalue weighted by molar-refractivity contribution is 0.102. The Morgan fingerprint density at radius 2 is 1.87 bits per heavy atom. The van der Waals surface area contributed by atoms with E-state index in [2.05, 4.69) is 10.6 Å². The Kier molecular flexibility index (Phi) is 5.56. The maximum Gasteiger partial charge on any atom is 0.317 e. The maximum atomic E-state index is 13.1. The summed E-state index contributed by atoms with van der Waals surface area (Å²) in [6.07, 6.45) is 6.79. The number of thiophene rings is 1. The van der Waals surface area contributed by atoms with E-state index >= 15 is 0 Å². The zero-order valence-electron chi connectivity index (χ0n) is 17.5. The molecule has 2 aliphatic heterocycles. The number of urea groups is 1. The van der Waals surface area contributed by atoms with E-state index in [-0.39, 0.29) is 29.3 Å². The first-order valence-corrected chi connectivity index (χ1v) is 12.1. The van der Waals surface area contributed by atoms with Crippen LogP contribution in [-0.2, 0) is 6.54 Å². The van der Waals surface area contributed by atoms with Crippen LogP contribution in [0.2, 0.25) is 0 Å². The molecule has 7 nitrogen and oxygen atoms in total. The summed E-state index contributed by atoms with van der Waals surface area (Å²) < 4.78 is 1.80. The fourth-order valence-corrected chi connectivity index (χ4v) is 5.93. The van der Waals surface area contributed by atoms with Gasteiger partial charge in [-0.1, -0.05) is 25.3 Å². The van der Waals surface area contributed by atoms with Gasteiger partial charge in [-0.2, -0.15) is 0 Å². The maximum absolute atomic E-state index is 13.1. The summed E-state index contributed by atoms with van der Waals surface area (Å²) in [7, 11) is 0. The van der Waals surface area contributed by atoms with Gasteiger partial charge in [0.25, 0.3) is 11.5 Å². The summed E-state index contributed by atoms with van der Waals surface area (Å²) in [5, 5.41) is 7.83. The molecule has 2 aromatic heterocycles. The second-order valence-corrected chi connectivity index (χ2v) is 9.95. The summed E-state index contributed by atoms with van der Waals surface area (Å²) in [6, 6.07) is 7.55. The third-order valence-electron chi connectivity index (χ3n) is 6.82. The van der Waals surface area contributed by atoms with E-state index in [9.17, 15) is 14.4 Å². The lowest BCUT2D eigenvalue weighted by Crippen LogP contribution is -2.53. The van der Waals surface area contributed by atoms with E-state index in [0.717, 1.165) is 25.0 Å². The van der Waals surface area contributed by atoms with Crippen LogP contribution >= 0.6 is 11.3 Å². The van der Waals surface area contributed by atoms with Crippen molar-refractivity contribution in [1.29, 1.82) is 0 Å². The van der Waals surface area contributed by atoms with Crippen molar-refractivity contribution in [3.63, 3.8) is 0 Å². The zero-order valence-corrected chi connectivity index (χ0v) is 18.3. The number of hydrogen-bond acceptors (Lipinski definition) is 4. The molecule has 0 unspecified atom stereocenters. The molecule has 0 radical (unpaired) electrons. The van der Waals surface area contributed by atoms with Crippen molar-refractivity contribution in [1.82, 2.24) is 14.8 Å². The van der Waals surface area contributed by atoms with Crippen LogP contribution in [0.25, 0.3) is 0 Å². The van der Waals surface area contributed by atoms with Crippen molar-refractivity contribution in [2.24, 2.45) is 5.92 Å². The number of aromatic nitrogens is 1. The number of nitrogens with one attached hydrogen (secondary N) is 2. The number of fused-ring (bicyclic) bond motifs is 4. The molecule has 2 bridgehead atoms. The third kappa shape index (κ3) is 4.13. The van der Waals surface area contributed by atoms with Crippen molar-refractivity contribution in [3.8, 4) is 0 Å². The molecule has 1 saturated heterocycles. The molecule has 31 heavy (non-hydrogen) atoms. The predicted molar refractivity (Wildman–Crippen MR) is 121 cm³/mol. The van der Waals surface area contributed by atoms with Gasteiger partial charge in [0, 0.05) is 37.3 Å². The fraction of sp³-hybridized carbons (Fsp3) is 0.522. The number of hydrogen-bond donors (Lipinski definition) is 2. The second-order valence-electron chi connectivity index (χ2n) is 9.01. The molecule has 5 rings (SSSR count). The van der Waals surface area contributed by atoms with E-state index in [1.54, 1.807) is 16.7 Å². The Labute approximate surface area is 185 Å². The Bertz CT molecular complexity index is 1030. The van der Waals surface area contributed by atoms with Gasteiger partial charge >= 0.3 is 6.03 Å². The smallest absolute Gasteiger partial charge is 0.317 e. The van der Waals surface area contributed by atoms with E-state index in [0.29, 0.717) is 36.2 Å². The molecule has 8 heteroatoms. The monoisotopic (exact) mass is 440 g/mol. The molecule has 0 spiro atoms. The highest BCUT2D eigenvalue weighted by molar-refractivity contribution is 7.12. The lowest BCUT2D eigenvalue weighted by atomic mass is 9.83. The third-order valence-corrected chi connectivity index (χ3v) is 7.69. The van der Waals surface area contributed by atoms with Crippen LogP contribution in [0.1, 0.15) is 59.8 Å². The number of amides is 3. The van der Waals surface area contributed by atoms with Crippen LogP contribution < -0.4 is 16.2 Å². The summed E-state index contributed by atoms with van der Waals surface area (Å²) in [5.41, 5.74) is 1.12. The van der Waals surface area contributed by atoms with Crippen LogP contribution in [0.4, 0.5) is 10.5 Å². The van der Waals surface area contributed by atoms with Crippen molar-refractivity contribution < 1.29 is 9.59 Å². The first-order valence-electron chi connectivity index (χ1n) is 11.2. The molecular weight excluding hydrogens is 412 g/mol. The number of rotatable bonds is 3. The Balaban J connectivity index is 1.30. The van der Waals surface area contributed by atoms with Crippen LogP contribution in [-0.4, -0.2) is 40.5 Å². The molecule has 3 amide bonds. The fourth-order valence-electron chi connectivity index (χ4n) is 5.31. The van der Waals surface area contributed by atoms with Gasteiger partial charge in [0.05, 0.1) is 4.88 Å². The summed E-state index contributed by atoms with van der Waals surface area (Å²) in [6.45, 7) is 1.89. The van der Waals surface area contributed by atoms with Gasteiger partial charge in [-0.25, -0.2) is 4.79 Å². The number of pyridine rings is 1. The van der Waals surface area contributed by atoms with Gasteiger partial charge in [-0.15, -0.1) is 11.3 Å². The molecule has 164 valence electrons. The topological polar surface area (TPSA) is 83.4 Å². The van der Waals surface area contributed by atoms with E-state index < -0.39 is 0 Å². The van der Waals surface area contributed by atoms with Crippen LogP contribution in [0.3, 0.4) is 0 Å². The Morgan fingerprint density at radius 1 is 1.03 bits per heavy atom. The first-order chi connectivity index (χ1) is 15.1. The predicted octanol–water partition coefficient (Wildman–Crippen LogP) is 3.62. The molecule has 2 N–H and O–H groups in total. The Hall–Kier alpha value is -2.61. The molecule has 3 aliphatic rings. The van der Waals surface area contributed by atoms with Crippen LogP contribution in [0, 0.1) is 5.92 Å². The molecule has 4 heterocycles. The minimum Gasteiger partial charge on any atom is -0.335 e. The highest BCUT2D eigenvalue weighted by atomic mass is 32.1. The molecule has 2 fully saturated rings. The number of piperidine rings is 1. The highest BCUT2D eigenvalue weighted by Gasteiger charge is 2.37. The normalized spacial score (nSPS) is 23.2. The first kappa shape index (κ1) is 20.3. The molecule has 1 saturated carbocycles. The van der Waals surface area contributed by atoms with Crippen LogP contribution in [0.5, 0.6) is 0 Å². The quantitative estimate of drug-likeness (QED) is 0.765. The number of carbonyl (C=O) groups excluding carboxylic acids is 2. The van der Waals surface area contributed by atoms with E-state index in [1.807, 2.05) is 22.4 Å². The van der Waals surface area contributed by atoms with Gasteiger partial charge in [-0.05, 0) is 48.8 Å². The number of carbonyl (C=O) groups is 2. The van der Waals surface area contributed by atoms with Gasteiger partial charge < -0.3 is 20.1 Å². The molecule has 2 aromatic rings. The van der Waals surface area contributed by atoms with Crippen molar-refractivity contribution in [2.75, 3.05) is 18.4 Å². The minimum absolute atomic E-state index is 0.0391. The van der Waals surface area contributed by atoms with Crippen molar-refractivity contribution in [3.05, 3.63) is 50.6 Å². The van der Waals surface area contributed by atoms with Crippen molar-refractivity contribution in [2.45, 2.75) is 57.0 Å². The van der Waals surface area contributed by atoms with Gasteiger partial charge in [0.1, 0.15) is 5.69 Å². The SMILES string of the molecule is O=C(Nc1ccc2n(c1=O)C[C@@H]1C[C@@H]2CN(C(=O)NC2CCCCC2)C1)c1cccs1. The minimum atomic E-state index is -0.255. The summed E-state index contributed by atoms with van der Waals surface area (Å²) >= 11 is 1.35. The average molecular weight is 441 g/mol. The second kappa shape index (κ2) is 8.49. The largest absolute Gasteiger partial charge is 0.335 e. The molecular formula is C23H28N4O3S. The van der Waals surface area contributed by atoms with Gasteiger partial charge in [0.2, 0.25) is 0 Å². The van der Waals surface area contributed by atoms with Gasteiger partial charge in [-0.3, -0.25) is 9.59 Å². The lowest BCUT2D eigenvalue weighted by Gasteiger charge is -2.43.